The Bertz CT molecular complexity index is 345. The molecule has 2 heteroatoms. The van der Waals surface area contributed by atoms with Crippen LogP contribution in [0.5, 0.6) is 0 Å². The molecule has 1 aliphatic carbocycles. The van der Waals surface area contributed by atoms with Crippen molar-refractivity contribution in [1.29, 1.82) is 0 Å². The minimum Gasteiger partial charge on any atom is -0.461 e. The Balaban J connectivity index is 1.80. The lowest BCUT2D eigenvalue weighted by molar-refractivity contribution is -0.149. The fraction of sp³-hybridized carbons (Fsp3) is 0.500. The Kier molecular flexibility index (Phi) is 3.60. The summed E-state index contributed by atoms with van der Waals surface area (Å²) in [6.45, 7) is 2.61. The van der Waals surface area contributed by atoms with Crippen LogP contribution >= 0.6 is 0 Å². The number of carbonyl (C=O) groups is 1. The zero-order valence-electron chi connectivity index (χ0n) is 9.69. The van der Waals surface area contributed by atoms with Crippen LogP contribution < -0.4 is 0 Å². The predicted octanol–water partition coefficient (Wildman–Crippen LogP) is 3.17. The van der Waals surface area contributed by atoms with Crippen molar-refractivity contribution in [2.75, 3.05) is 0 Å². The lowest BCUT2D eigenvalue weighted by Gasteiger charge is -2.09. The van der Waals surface area contributed by atoms with Crippen LogP contribution in [0.4, 0.5) is 0 Å². The molecule has 1 saturated carbocycles. The molecule has 0 amide bonds. The average molecular weight is 218 g/mol. The van der Waals surface area contributed by atoms with Crippen molar-refractivity contribution < 1.29 is 9.53 Å². The molecule has 0 heterocycles. The Morgan fingerprint density at radius 3 is 2.69 bits per heavy atom. The van der Waals surface area contributed by atoms with Gasteiger partial charge in [-0.15, -0.1) is 0 Å². The second-order valence-electron chi connectivity index (χ2n) is 4.71. The van der Waals surface area contributed by atoms with Gasteiger partial charge in [0, 0.05) is 0 Å². The van der Waals surface area contributed by atoms with Crippen molar-refractivity contribution in [2.24, 2.45) is 11.8 Å². The van der Waals surface area contributed by atoms with Gasteiger partial charge < -0.3 is 4.74 Å². The van der Waals surface area contributed by atoms with Crippen molar-refractivity contribution in [2.45, 2.75) is 32.8 Å². The van der Waals surface area contributed by atoms with Crippen molar-refractivity contribution in [3.63, 3.8) is 0 Å². The third kappa shape index (κ3) is 2.84. The van der Waals surface area contributed by atoms with E-state index < -0.39 is 0 Å². The quantitative estimate of drug-likeness (QED) is 0.728. The second-order valence-corrected chi connectivity index (χ2v) is 4.71. The fourth-order valence-electron chi connectivity index (χ4n) is 2.27. The van der Waals surface area contributed by atoms with E-state index >= 15 is 0 Å². The summed E-state index contributed by atoms with van der Waals surface area (Å²) in [5, 5.41) is 0. The maximum Gasteiger partial charge on any atom is 0.309 e. The van der Waals surface area contributed by atoms with Gasteiger partial charge in [-0.1, -0.05) is 37.3 Å². The van der Waals surface area contributed by atoms with E-state index in [0.717, 1.165) is 24.8 Å². The van der Waals surface area contributed by atoms with E-state index in [1.165, 1.54) is 0 Å². The first-order valence-corrected chi connectivity index (χ1v) is 5.96. The predicted molar refractivity (Wildman–Crippen MR) is 62.7 cm³/mol. The van der Waals surface area contributed by atoms with Crippen LogP contribution in [0.15, 0.2) is 30.3 Å². The zero-order chi connectivity index (χ0) is 11.4. The Hall–Kier alpha value is -1.31. The summed E-state index contributed by atoms with van der Waals surface area (Å²) in [4.78, 5) is 11.7. The van der Waals surface area contributed by atoms with Gasteiger partial charge in [0.15, 0.2) is 0 Å². The van der Waals surface area contributed by atoms with Crippen LogP contribution in [-0.4, -0.2) is 5.97 Å². The molecule has 0 unspecified atom stereocenters. The second kappa shape index (κ2) is 5.15. The van der Waals surface area contributed by atoms with Crippen molar-refractivity contribution in [3.8, 4) is 0 Å². The summed E-state index contributed by atoms with van der Waals surface area (Å²) >= 11 is 0. The zero-order valence-corrected chi connectivity index (χ0v) is 9.69. The topological polar surface area (TPSA) is 26.3 Å². The smallest absolute Gasteiger partial charge is 0.309 e. The molecule has 86 valence electrons. The van der Waals surface area contributed by atoms with Crippen LogP contribution in [0.25, 0.3) is 0 Å². The number of carbonyl (C=O) groups excluding carboxylic acids is 1. The van der Waals surface area contributed by atoms with Crippen molar-refractivity contribution in [3.05, 3.63) is 35.9 Å². The number of hydrogen-bond acceptors (Lipinski definition) is 2. The lowest BCUT2D eigenvalue weighted by atomic mass is 10.1. The maximum absolute atomic E-state index is 11.7. The van der Waals surface area contributed by atoms with Crippen LogP contribution in [-0.2, 0) is 16.1 Å². The van der Waals surface area contributed by atoms with E-state index in [1.54, 1.807) is 0 Å². The highest BCUT2D eigenvalue weighted by Crippen LogP contribution is 2.31. The molecule has 0 spiro atoms. The summed E-state index contributed by atoms with van der Waals surface area (Å²) in [6.07, 6.45) is 3.15. The van der Waals surface area contributed by atoms with E-state index in [-0.39, 0.29) is 11.9 Å². The summed E-state index contributed by atoms with van der Waals surface area (Å²) in [5.41, 5.74) is 1.06. The highest BCUT2D eigenvalue weighted by molar-refractivity contribution is 5.72. The first kappa shape index (κ1) is 11.2. The lowest BCUT2D eigenvalue weighted by Crippen LogP contribution is -2.14. The van der Waals surface area contributed by atoms with E-state index in [1.807, 2.05) is 30.3 Å². The largest absolute Gasteiger partial charge is 0.461 e. The molecule has 1 aromatic rings. The van der Waals surface area contributed by atoms with Gasteiger partial charge in [-0.2, -0.15) is 0 Å². The molecule has 1 aromatic carbocycles. The van der Waals surface area contributed by atoms with Crippen LogP contribution in [0.3, 0.4) is 0 Å². The van der Waals surface area contributed by atoms with Gasteiger partial charge in [0.05, 0.1) is 5.92 Å². The SMILES string of the molecule is C[C@@H]1CC[C@@H](C(=O)OCc2ccccc2)C1. The number of rotatable bonds is 3. The molecule has 0 aliphatic heterocycles. The molecule has 2 nitrogen and oxygen atoms in total. The van der Waals surface area contributed by atoms with Gasteiger partial charge in [-0.05, 0) is 30.7 Å². The Morgan fingerprint density at radius 2 is 2.06 bits per heavy atom. The minimum atomic E-state index is -0.0202. The summed E-state index contributed by atoms with van der Waals surface area (Å²) in [7, 11) is 0. The number of hydrogen-bond donors (Lipinski definition) is 0. The molecule has 2 rings (SSSR count). The molecule has 0 saturated heterocycles. The molecular weight excluding hydrogens is 200 g/mol. The molecular formula is C14H18O2. The summed E-state index contributed by atoms with van der Waals surface area (Å²) in [5.74, 6) is 0.793. The molecule has 0 radical (unpaired) electrons. The number of esters is 1. The maximum atomic E-state index is 11.7. The number of benzene rings is 1. The molecule has 0 N–H and O–H groups in total. The first-order chi connectivity index (χ1) is 7.75. The summed E-state index contributed by atoms with van der Waals surface area (Å²) < 4.78 is 5.32. The van der Waals surface area contributed by atoms with Crippen molar-refractivity contribution >= 4 is 5.97 Å². The molecule has 16 heavy (non-hydrogen) atoms. The fourth-order valence-corrected chi connectivity index (χ4v) is 2.27. The molecule has 2 atom stereocenters. The van der Waals surface area contributed by atoms with Gasteiger partial charge in [0.25, 0.3) is 0 Å². The minimum absolute atomic E-state index is 0.0202. The van der Waals surface area contributed by atoms with Gasteiger partial charge in [-0.25, -0.2) is 0 Å². The number of ether oxygens (including phenoxy) is 1. The van der Waals surface area contributed by atoms with E-state index in [2.05, 4.69) is 6.92 Å². The Labute approximate surface area is 96.6 Å². The van der Waals surface area contributed by atoms with Gasteiger partial charge in [0.1, 0.15) is 6.61 Å². The van der Waals surface area contributed by atoms with Gasteiger partial charge >= 0.3 is 5.97 Å². The third-order valence-corrected chi connectivity index (χ3v) is 3.25. The first-order valence-electron chi connectivity index (χ1n) is 5.96. The molecule has 0 aromatic heterocycles. The highest BCUT2D eigenvalue weighted by Gasteiger charge is 2.28. The third-order valence-electron chi connectivity index (χ3n) is 3.25. The van der Waals surface area contributed by atoms with Crippen LogP contribution in [0.2, 0.25) is 0 Å². The van der Waals surface area contributed by atoms with E-state index in [0.29, 0.717) is 12.5 Å². The molecule has 1 aliphatic rings. The van der Waals surface area contributed by atoms with Crippen molar-refractivity contribution in [1.82, 2.24) is 0 Å². The molecule has 0 bridgehead atoms. The summed E-state index contributed by atoms with van der Waals surface area (Å²) in [6, 6.07) is 9.83. The van der Waals surface area contributed by atoms with E-state index in [9.17, 15) is 4.79 Å². The monoisotopic (exact) mass is 218 g/mol. The average Bonchev–Trinajstić information content (AvgIpc) is 2.74. The normalized spacial score (nSPS) is 24.3. The molecule has 1 fully saturated rings. The standard InChI is InChI=1S/C14H18O2/c1-11-7-8-13(9-11)14(15)16-10-12-5-3-2-4-6-12/h2-6,11,13H,7-10H2,1H3/t11-,13-/m1/s1. The van der Waals surface area contributed by atoms with Gasteiger partial charge in [-0.3, -0.25) is 4.79 Å². The van der Waals surface area contributed by atoms with Crippen LogP contribution in [0.1, 0.15) is 31.7 Å². The Morgan fingerprint density at radius 1 is 1.31 bits per heavy atom. The van der Waals surface area contributed by atoms with Gasteiger partial charge in [0.2, 0.25) is 0 Å². The van der Waals surface area contributed by atoms with Crippen LogP contribution in [0, 0.1) is 11.8 Å². The van der Waals surface area contributed by atoms with E-state index in [4.69, 9.17) is 4.74 Å². The highest BCUT2D eigenvalue weighted by atomic mass is 16.5.